The maximum absolute atomic E-state index is 11.0. The largest absolute Gasteiger partial charge is 0.460 e. The van der Waals surface area contributed by atoms with Crippen molar-refractivity contribution in [2.45, 2.75) is 13.8 Å². The zero-order valence-electron chi connectivity index (χ0n) is 7.59. The molecule has 0 aromatic rings. The van der Waals surface area contributed by atoms with Crippen molar-refractivity contribution in [3.63, 3.8) is 0 Å². The molecule has 72 valence electrons. The Morgan fingerprint density at radius 1 is 1.54 bits per heavy atom. The topological polar surface area (TPSA) is 43.4 Å². The lowest BCUT2D eigenvalue weighted by molar-refractivity contribution is -0.151. The third kappa shape index (κ3) is 4.48. The van der Waals surface area contributed by atoms with E-state index in [-0.39, 0.29) is 11.6 Å². The second-order valence-corrected chi connectivity index (χ2v) is 2.76. The number of ketones is 1. The number of carbonyl (C=O) groups is 2. The minimum absolute atomic E-state index is 0.165. The molecule has 0 rings (SSSR count). The molecule has 0 spiro atoms. The minimum Gasteiger partial charge on any atom is -0.460 e. The number of rotatable bonds is 4. The standard InChI is InChI=1S/C9H11ClO3/c1-4-13-9(12)8(11)5-7(10)6(2)3/h5H,2,4H2,1,3H3/b7-5-. The van der Waals surface area contributed by atoms with Crippen molar-refractivity contribution in [2.24, 2.45) is 0 Å². The van der Waals surface area contributed by atoms with E-state index in [9.17, 15) is 9.59 Å². The summed E-state index contributed by atoms with van der Waals surface area (Å²) in [5, 5.41) is 0.165. The fourth-order valence-electron chi connectivity index (χ4n) is 0.499. The number of esters is 1. The van der Waals surface area contributed by atoms with Gasteiger partial charge in [0.15, 0.2) is 0 Å². The molecule has 0 bridgehead atoms. The van der Waals surface area contributed by atoms with Crippen LogP contribution in [0.3, 0.4) is 0 Å². The van der Waals surface area contributed by atoms with Crippen LogP contribution in [-0.4, -0.2) is 18.4 Å². The number of ether oxygens (including phenoxy) is 1. The molecule has 0 unspecified atom stereocenters. The predicted octanol–water partition coefficient (Wildman–Crippen LogP) is 1.82. The summed E-state index contributed by atoms with van der Waals surface area (Å²) in [5.74, 6) is -1.67. The van der Waals surface area contributed by atoms with Crippen LogP contribution in [0.5, 0.6) is 0 Å². The van der Waals surface area contributed by atoms with Crippen molar-refractivity contribution in [3.8, 4) is 0 Å². The summed E-state index contributed by atoms with van der Waals surface area (Å²) in [6.07, 6.45) is 1.00. The number of hydrogen-bond acceptors (Lipinski definition) is 3. The summed E-state index contributed by atoms with van der Waals surface area (Å²) >= 11 is 5.59. The first-order valence-electron chi connectivity index (χ1n) is 3.73. The minimum atomic E-state index is -0.901. The number of carbonyl (C=O) groups excluding carboxylic acids is 2. The van der Waals surface area contributed by atoms with Gasteiger partial charge in [-0.05, 0) is 19.4 Å². The van der Waals surface area contributed by atoms with Crippen LogP contribution in [0, 0.1) is 0 Å². The van der Waals surface area contributed by atoms with E-state index in [1.54, 1.807) is 13.8 Å². The van der Waals surface area contributed by atoms with Gasteiger partial charge in [0.2, 0.25) is 0 Å². The number of allylic oxidation sites excluding steroid dienone is 2. The molecule has 4 heteroatoms. The Morgan fingerprint density at radius 2 is 2.08 bits per heavy atom. The van der Waals surface area contributed by atoms with Crippen LogP contribution in [0.4, 0.5) is 0 Å². The van der Waals surface area contributed by atoms with Gasteiger partial charge in [-0.15, -0.1) is 0 Å². The fraction of sp³-hybridized carbons (Fsp3) is 0.333. The molecule has 0 radical (unpaired) electrons. The fourth-order valence-corrected chi connectivity index (χ4v) is 0.599. The van der Waals surface area contributed by atoms with Gasteiger partial charge in [-0.25, -0.2) is 4.79 Å². The first-order chi connectivity index (χ1) is 5.99. The Hall–Kier alpha value is -1.09. The van der Waals surface area contributed by atoms with E-state index in [1.165, 1.54) is 0 Å². The summed E-state index contributed by atoms with van der Waals surface area (Å²) in [6, 6.07) is 0. The van der Waals surface area contributed by atoms with E-state index in [0.29, 0.717) is 5.57 Å². The molecule has 0 fully saturated rings. The highest BCUT2D eigenvalue weighted by Crippen LogP contribution is 2.11. The highest BCUT2D eigenvalue weighted by Gasteiger charge is 2.12. The average molecular weight is 203 g/mol. The molecular formula is C9H11ClO3. The van der Waals surface area contributed by atoms with Crippen molar-refractivity contribution in [2.75, 3.05) is 6.61 Å². The van der Waals surface area contributed by atoms with Crippen LogP contribution in [0.1, 0.15) is 13.8 Å². The Kier molecular flexibility index (Phi) is 5.07. The summed E-state index contributed by atoms with van der Waals surface area (Å²) < 4.78 is 4.46. The van der Waals surface area contributed by atoms with Gasteiger partial charge in [0.1, 0.15) is 0 Å². The van der Waals surface area contributed by atoms with Gasteiger partial charge >= 0.3 is 5.97 Å². The van der Waals surface area contributed by atoms with Gasteiger partial charge in [0.05, 0.1) is 6.61 Å². The third-order valence-corrected chi connectivity index (χ3v) is 1.57. The lowest BCUT2D eigenvalue weighted by Crippen LogP contribution is -2.15. The van der Waals surface area contributed by atoms with Crippen molar-refractivity contribution in [3.05, 3.63) is 23.3 Å². The molecular weight excluding hydrogens is 192 g/mol. The highest BCUT2D eigenvalue weighted by atomic mass is 35.5. The Bertz CT molecular complexity index is 266. The molecule has 0 heterocycles. The smallest absolute Gasteiger partial charge is 0.379 e. The van der Waals surface area contributed by atoms with Crippen molar-refractivity contribution in [1.82, 2.24) is 0 Å². The first-order valence-corrected chi connectivity index (χ1v) is 4.11. The zero-order chi connectivity index (χ0) is 10.4. The molecule has 0 aromatic heterocycles. The van der Waals surface area contributed by atoms with E-state index >= 15 is 0 Å². The number of halogens is 1. The molecule has 0 saturated heterocycles. The molecule has 0 aliphatic carbocycles. The number of hydrogen-bond donors (Lipinski definition) is 0. The predicted molar refractivity (Wildman–Crippen MR) is 50.4 cm³/mol. The van der Waals surface area contributed by atoms with Crippen LogP contribution in [0.2, 0.25) is 0 Å². The van der Waals surface area contributed by atoms with Crippen LogP contribution in [-0.2, 0) is 14.3 Å². The van der Waals surface area contributed by atoms with Gasteiger partial charge in [0.25, 0.3) is 5.78 Å². The van der Waals surface area contributed by atoms with E-state index in [0.717, 1.165) is 6.08 Å². The Balaban J connectivity index is 4.37. The van der Waals surface area contributed by atoms with Crippen LogP contribution in [0.15, 0.2) is 23.3 Å². The van der Waals surface area contributed by atoms with E-state index in [2.05, 4.69) is 11.3 Å². The molecule has 3 nitrogen and oxygen atoms in total. The summed E-state index contributed by atoms with van der Waals surface area (Å²) in [4.78, 5) is 21.8. The highest BCUT2D eigenvalue weighted by molar-refractivity contribution is 6.42. The van der Waals surface area contributed by atoms with Crippen LogP contribution in [0.25, 0.3) is 0 Å². The molecule has 0 aliphatic heterocycles. The summed E-state index contributed by atoms with van der Waals surface area (Å²) in [6.45, 7) is 6.94. The molecule has 13 heavy (non-hydrogen) atoms. The third-order valence-electron chi connectivity index (χ3n) is 1.14. The van der Waals surface area contributed by atoms with E-state index < -0.39 is 11.8 Å². The van der Waals surface area contributed by atoms with Gasteiger partial charge in [-0.2, -0.15) is 0 Å². The zero-order valence-corrected chi connectivity index (χ0v) is 8.35. The second-order valence-electron chi connectivity index (χ2n) is 2.36. The van der Waals surface area contributed by atoms with E-state index in [1.807, 2.05) is 0 Å². The molecule has 0 N–H and O–H groups in total. The maximum Gasteiger partial charge on any atom is 0.379 e. The molecule has 0 saturated carbocycles. The molecule has 0 aliphatic rings. The van der Waals surface area contributed by atoms with Crippen molar-refractivity contribution in [1.29, 1.82) is 0 Å². The maximum atomic E-state index is 11.0. The lowest BCUT2D eigenvalue weighted by atomic mass is 10.2. The Morgan fingerprint density at radius 3 is 2.46 bits per heavy atom. The summed E-state index contributed by atoms with van der Waals surface area (Å²) in [5.41, 5.74) is 0.527. The first kappa shape index (κ1) is 11.9. The molecule has 0 atom stereocenters. The van der Waals surface area contributed by atoms with Crippen molar-refractivity contribution >= 4 is 23.4 Å². The van der Waals surface area contributed by atoms with Crippen LogP contribution < -0.4 is 0 Å². The summed E-state index contributed by atoms with van der Waals surface area (Å²) in [7, 11) is 0. The van der Waals surface area contributed by atoms with Gasteiger partial charge in [0, 0.05) is 11.1 Å². The Labute approximate surface area is 82.0 Å². The quantitative estimate of drug-likeness (QED) is 0.302. The van der Waals surface area contributed by atoms with Gasteiger partial charge < -0.3 is 4.74 Å². The SMILES string of the molecule is C=C(C)/C(Cl)=C/C(=O)C(=O)OCC. The second kappa shape index (κ2) is 5.54. The molecule has 0 aromatic carbocycles. The van der Waals surface area contributed by atoms with E-state index in [4.69, 9.17) is 11.6 Å². The van der Waals surface area contributed by atoms with Crippen LogP contribution >= 0.6 is 11.6 Å². The normalized spacial score (nSPS) is 10.8. The van der Waals surface area contributed by atoms with Crippen molar-refractivity contribution < 1.29 is 14.3 Å². The average Bonchev–Trinajstić information content (AvgIpc) is 2.04. The van der Waals surface area contributed by atoms with Gasteiger partial charge in [-0.3, -0.25) is 4.79 Å². The van der Waals surface area contributed by atoms with Gasteiger partial charge in [-0.1, -0.05) is 18.2 Å². The lowest BCUT2D eigenvalue weighted by Gasteiger charge is -1.97. The monoisotopic (exact) mass is 202 g/mol. The molecule has 0 amide bonds.